The third kappa shape index (κ3) is 10.1. The summed E-state index contributed by atoms with van der Waals surface area (Å²) < 4.78 is 93.1. The molecule has 4 atom stereocenters. The van der Waals surface area contributed by atoms with Crippen molar-refractivity contribution in [1.29, 1.82) is 0 Å². The predicted molar refractivity (Wildman–Crippen MR) is 331 cm³/mol. The molecule has 468 valence electrons. The van der Waals surface area contributed by atoms with Gasteiger partial charge in [-0.2, -0.15) is 0 Å². The fourth-order valence-electron chi connectivity index (χ4n) is 13.1. The van der Waals surface area contributed by atoms with E-state index in [1.165, 1.54) is 49.3 Å². The van der Waals surface area contributed by atoms with Gasteiger partial charge in [-0.3, -0.25) is 43.1 Å². The number of pyridine rings is 6. The van der Waals surface area contributed by atoms with Crippen molar-refractivity contribution < 1.29 is 50.9 Å². The van der Waals surface area contributed by atoms with Crippen LogP contribution < -0.4 is 30.7 Å². The number of piperidine rings is 1. The normalized spacial score (nSPS) is 18.0. The molecule has 4 aliphatic rings. The quantitative estimate of drug-likeness (QED) is 0.0915. The van der Waals surface area contributed by atoms with Crippen LogP contribution in [0.3, 0.4) is 0 Å². The lowest BCUT2D eigenvalue weighted by Crippen LogP contribution is -2.66. The minimum Gasteiger partial charge on any atom is -0.507 e. The highest BCUT2D eigenvalue weighted by Crippen LogP contribution is 2.47. The first-order valence-electron chi connectivity index (χ1n) is 29.6. The number of halogens is 6. The maximum Gasteiger partial charge on any atom is 0.283 e. The van der Waals surface area contributed by atoms with Crippen LogP contribution in [0.1, 0.15) is 88.7 Å². The van der Waals surface area contributed by atoms with Crippen molar-refractivity contribution in [3.63, 3.8) is 0 Å². The summed E-state index contributed by atoms with van der Waals surface area (Å²) in [4.78, 5) is 95.5. The van der Waals surface area contributed by atoms with E-state index in [9.17, 15) is 43.0 Å². The monoisotopic (exact) mass is 1240 g/mol. The second-order valence-electron chi connectivity index (χ2n) is 23.8. The average Bonchev–Trinajstić information content (AvgIpc) is 0.714. The van der Waals surface area contributed by atoms with Gasteiger partial charge < -0.3 is 34.7 Å². The summed E-state index contributed by atoms with van der Waals surface area (Å²) in [5.74, 6) is -6.38. The van der Waals surface area contributed by atoms with E-state index in [2.05, 4.69) is 26.5 Å². The molecule has 8 aromatic rings. The Labute approximate surface area is 513 Å². The zero-order chi connectivity index (χ0) is 64.6. The summed E-state index contributed by atoms with van der Waals surface area (Å²) in [7, 11) is 0. The topological polar surface area (TPSA) is 203 Å². The first-order valence-corrected chi connectivity index (χ1v) is 29.6. The van der Waals surface area contributed by atoms with Gasteiger partial charge >= 0.3 is 0 Å². The Morgan fingerprint density at radius 1 is 0.611 bits per heavy atom. The highest BCUT2D eigenvalue weighted by Gasteiger charge is 2.48. The predicted octanol–water partition coefficient (Wildman–Crippen LogP) is 10.6. The van der Waals surface area contributed by atoms with Crippen molar-refractivity contribution in [1.82, 2.24) is 34.0 Å². The molecule has 90 heavy (non-hydrogen) atoms. The largest absolute Gasteiger partial charge is 0.507 e. The number of phenols is 2. The SMILES string of the molecule is C=CC(=O)N1C[C@@H]2C(=O)N(CCF)c3c(c4cc(F)c(-c5c(O)cccc5F)nc4n(-c4c(C)ccnc4C(C)C)c3=O)N2C[C@H]1C.Cc1ccnc(C(C)C)c1-n1c(=O)c2c(c3cc(F)c(-c4c(O)cccc4F)nc31)N1C[C@@H](C)CC[C@@H]1C(=O)N2CCF. The van der Waals surface area contributed by atoms with E-state index in [1.54, 1.807) is 50.2 Å². The number of benzene rings is 2. The molecule has 0 bridgehead atoms. The Morgan fingerprint density at radius 3 is 1.48 bits per heavy atom. The molecule has 24 heteroatoms. The Kier molecular flexibility index (Phi) is 16.6. The molecule has 0 spiro atoms. The molecule has 2 N–H and O–H groups in total. The number of amides is 3. The molecular formula is C66H65F6N11O7. The summed E-state index contributed by atoms with van der Waals surface area (Å²) in [6.45, 7) is 16.2. The number of hydrogen-bond acceptors (Lipinski definition) is 13. The van der Waals surface area contributed by atoms with Gasteiger partial charge in [-0.15, -0.1) is 0 Å². The lowest BCUT2D eigenvalue weighted by atomic mass is 9.90. The second kappa shape index (κ2) is 24.1. The number of phenolic OH excluding ortho intramolecular Hbond substituents is 2. The van der Waals surface area contributed by atoms with E-state index >= 15 is 17.6 Å². The van der Waals surface area contributed by atoms with Gasteiger partial charge in [0.2, 0.25) is 11.8 Å². The van der Waals surface area contributed by atoms with Crippen LogP contribution >= 0.6 is 0 Å². The van der Waals surface area contributed by atoms with Gasteiger partial charge in [-0.05, 0) is 117 Å². The highest BCUT2D eigenvalue weighted by atomic mass is 19.1. The third-order valence-electron chi connectivity index (χ3n) is 17.3. The molecule has 3 amide bonds. The molecule has 10 heterocycles. The summed E-state index contributed by atoms with van der Waals surface area (Å²) in [5.41, 5.74) is -0.180. The summed E-state index contributed by atoms with van der Waals surface area (Å²) in [6.07, 6.45) is 5.60. The van der Waals surface area contributed by atoms with Gasteiger partial charge in [0.25, 0.3) is 17.0 Å². The highest BCUT2D eigenvalue weighted by molar-refractivity contribution is 6.13. The zero-order valence-electron chi connectivity index (χ0n) is 50.7. The van der Waals surface area contributed by atoms with Gasteiger partial charge in [-0.1, -0.05) is 53.3 Å². The van der Waals surface area contributed by atoms with Crippen molar-refractivity contribution in [2.24, 2.45) is 5.92 Å². The number of aromatic nitrogens is 6. The number of fused-ring (bicyclic) bond motifs is 10. The molecular weight excluding hydrogens is 1170 g/mol. The lowest BCUT2D eigenvalue weighted by molar-refractivity contribution is -0.131. The molecule has 0 unspecified atom stereocenters. The number of anilines is 4. The molecule has 2 saturated heterocycles. The fraction of sp³-hybridized carbons (Fsp3) is 0.348. The molecule has 2 aromatic carbocycles. The van der Waals surface area contributed by atoms with E-state index in [0.717, 1.165) is 35.6 Å². The van der Waals surface area contributed by atoms with Crippen LogP contribution in [0.5, 0.6) is 11.5 Å². The standard InChI is InChI=1S/C34H33F3N6O4.C32H32F3N5O3/c1-6-25(45)41-16-23-33(46)40(13-11-35)31-30(42(23)15-19(41)5)20-14-22(37)28(26-21(36)8-7-9-24(26)44)39-32(20)43(34(31)47)29-18(4)10-12-38-27(29)17(2)3;1-16(2)25-27(18(4)10-12-36-25)40-30-19(14-21(35)26(37-30)24-20(34)6-5-7-23(24)41)28-29(32(40)43)38(13-11-33)31(42)22-9-8-17(3)15-39(22)28/h6-10,12,14,17,19,23,44H,1,11,13,15-16H2,2-5H3;5-7,10,12,14,16-17,22,41H,8-9,11,13,15H2,1-4H3/t19-,23-;17-,22+/m10/s1. The Morgan fingerprint density at radius 2 is 1.06 bits per heavy atom. The van der Waals surface area contributed by atoms with Crippen molar-refractivity contribution >= 4 is 62.5 Å². The van der Waals surface area contributed by atoms with Crippen molar-refractivity contribution in [2.45, 2.75) is 98.2 Å². The number of hydrogen-bond donors (Lipinski definition) is 2. The minimum absolute atomic E-state index is 0.00678. The van der Waals surface area contributed by atoms with Crippen molar-refractivity contribution in [3.05, 3.63) is 152 Å². The lowest BCUT2D eigenvalue weighted by Gasteiger charge is -2.50. The number of carbonyl (C=O) groups is 3. The number of aryl methyl sites for hydroxylation is 2. The average molecular weight is 1240 g/mol. The van der Waals surface area contributed by atoms with Gasteiger partial charge in [0.1, 0.15) is 71.3 Å². The first kappa shape index (κ1) is 62.0. The third-order valence-corrected chi connectivity index (χ3v) is 17.3. The molecule has 6 aromatic heterocycles. The van der Waals surface area contributed by atoms with Crippen LogP contribution in [0.4, 0.5) is 49.1 Å². The van der Waals surface area contributed by atoms with E-state index in [0.29, 0.717) is 52.5 Å². The number of alkyl halides is 2. The van der Waals surface area contributed by atoms with Crippen LogP contribution in [-0.4, -0.2) is 126 Å². The Hall–Kier alpha value is -9.61. The Balaban J connectivity index is 0.000000186. The molecule has 4 aliphatic heterocycles. The van der Waals surface area contributed by atoms with Crippen molar-refractivity contribution in [2.75, 3.05) is 65.7 Å². The molecule has 12 rings (SSSR count). The van der Waals surface area contributed by atoms with Gasteiger partial charge in [0.05, 0.1) is 64.9 Å². The van der Waals surface area contributed by atoms with Gasteiger partial charge in [0.15, 0.2) is 22.9 Å². The van der Waals surface area contributed by atoms with E-state index in [-0.39, 0.29) is 82.4 Å². The van der Waals surface area contributed by atoms with Crippen LogP contribution in [0.25, 0.3) is 56.0 Å². The van der Waals surface area contributed by atoms with E-state index in [1.807, 2.05) is 39.5 Å². The second-order valence-corrected chi connectivity index (χ2v) is 23.8. The summed E-state index contributed by atoms with van der Waals surface area (Å²) in [6, 6.07) is 10.6. The van der Waals surface area contributed by atoms with Gasteiger partial charge in [-0.25, -0.2) is 36.3 Å². The van der Waals surface area contributed by atoms with Gasteiger partial charge in [0, 0.05) is 42.3 Å². The first-order chi connectivity index (χ1) is 42.9. The Bertz CT molecular complexity index is 4380. The number of aromatic hydroxyl groups is 2. The van der Waals surface area contributed by atoms with E-state index in [4.69, 9.17) is 0 Å². The maximum atomic E-state index is 16.2. The van der Waals surface area contributed by atoms with Crippen molar-refractivity contribution in [3.8, 4) is 45.4 Å². The number of piperazine rings is 1. The minimum atomic E-state index is -1.03. The molecule has 2 fully saturated rings. The summed E-state index contributed by atoms with van der Waals surface area (Å²) >= 11 is 0. The summed E-state index contributed by atoms with van der Waals surface area (Å²) in [5, 5.41) is 21.4. The van der Waals surface area contributed by atoms with Crippen LogP contribution in [-0.2, 0) is 14.4 Å². The molecule has 0 saturated carbocycles. The number of carbonyl (C=O) groups excluding carboxylic acids is 3. The number of rotatable bonds is 11. The molecule has 0 radical (unpaired) electrons. The number of nitrogens with zero attached hydrogens (tertiary/aromatic N) is 11. The fourth-order valence-corrected chi connectivity index (χ4v) is 13.1. The molecule has 18 nitrogen and oxygen atoms in total. The smallest absolute Gasteiger partial charge is 0.283 e. The maximum absolute atomic E-state index is 16.2. The van der Waals surface area contributed by atoms with Crippen LogP contribution in [0, 0.1) is 43.0 Å². The molecule has 0 aliphatic carbocycles. The van der Waals surface area contributed by atoms with Crippen LogP contribution in [0.15, 0.2) is 95.3 Å². The van der Waals surface area contributed by atoms with Crippen LogP contribution in [0.2, 0.25) is 0 Å². The van der Waals surface area contributed by atoms with E-state index < -0.39 is 118 Å². The zero-order valence-corrected chi connectivity index (χ0v) is 50.7.